The monoisotopic (exact) mass is 560 g/mol. The highest BCUT2D eigenvalue weighted by Gasteiger charge is 2.16. The zero-order chi connectivity index (χ0) is 29.6. The predicted molar refractivity (Wildman–Crippen MR) is 172 cm³/mol. The fraction of sp³-hybridized carbons (Fsp3) is 0. The lowest BCUT2D eigenvalue weighted by molar-refractivity contribution is 1.27. The zero-order valence-corrected chi connectivity index (χ0v) is 23.2. The van der Waals surface area contributed by atoms with Gasteiger partial charge in [0, 0.05) is 47.0 Å². The Labute approximate surface area is 252 Å². The summed E-state index contributed by atoms with van der Waals surface area (Å²) >= 11 is 0. The van der Waals surface area contributed by atoms with E-state index < -0.39 is 0 Å². The molecule has 4 aromatic heterocycles. The Morgan fingerprint density at radius 3 is 1.34 bits per heavy atom. The van der Waals surface area contributed by atoms with Gasteiger partial charge in [-0.25, -0.2) is 9.97 Å². The first kappa shape index (κ1) is 25.2. The zero-order valence-electron chi connectivity index (χ0n) is 23.2. The Hall–Kier alpha value is -6.50. The van der Waals surface area contributed by atoms with Crippen molar-refractivity contribution in [3.05, 3.63) is 133 Å². The first-order chi connectivity index (χ1) is 21.7. The van der Waals surface area contributed by atoms with Crippen LogP contribution in [-0.4, -0.2) is 19.9 Å². The van der Waals surface area contributed by atoms with Crippen LogP contribution >= 0.6 is 0 Å². The molecule has 0 aliphatic rings. The summed E-state index contributed by atoms with van der Waals surface area (Å²) in [6, 6.07) is 37.1. The highest BCUT2D eigenvalue weighted by molar-refractivity contribution is 6.27. The summed E-state index contributed by atoms with van der Waals surface area (Å²) in [6.07, 6.45) is 6.58. The summed E-state index contributed by atoms with van der Waals surface area (Å²) in [5.74, 6) is 0. The van der Waals surface area contributed by atoms with Gasteiger partial charge >= 0.3 is 0 Å². The van der Waals surface area contributed by atoms with Gasteiger partial charge in [0.2, 0.25) is 0 Å². The van der Waals surface area contributed by atoms with E-state index in [0.717, 1.165) is 66.6 Å². The van der Waals surface area contributed by atoms with Gasteiger partial charge in [-0.2, -0.15) is 10.5 Å². The summed E-state index contributed by atoms with van der Waals surface area (Å²) in [5.41, 5.74) is 7.92. The van der Waals surface area contributed by atoms with E-state index in [2.05, 4.69) is 70.6 Å². The molecule has 0 N–H and O–H groups in total. The molecule has 0 spiro atoms. The second-order valence-electron chi connectivity index (χ2n) is 10.6. The Kier molecular flexibility index (Phi) is 5.79. The van der Waals surface area contributed by atoms with Gasteiger partial charge in [0.1, 0.15) is 12.1 Å². The molecule has 0 radical (unpaired) electrons. The smallest absolute Gasteiger partial charge is 0.101 e. The van der Waals surface area contributed by atoms with Crippen LogP contribution in [0.2, 0.25) is 0 Å². The topological polar surface area (TPSA) is 99.1 Å². The molecule has 8 rings (SSSR count). The molecule has 0 atom stereocenters. The van der Waals surface area contributed by atoms with Gasteiger partial charge in [-0.05, 0) is 68.7 Å². The molecule has 0 aliphatic carbocycles. The minimum Gasteiger partial charge on any atom is -0.263 e. The summed E-state index contributed by atoms with van der Waals surface area (Å²) < 4.78 is 0. The largest absolute Gasteiger partial charge is 0.263 e. The summed E-state index contributed by atoms with van der Waals surface area (Å²) in [6.45, 7) is 0. The van der Waals surface area contributed by atoms with E-state index in [4.69, 9.17) is 9.97 Å². The van der Waals surface area contributed by atoms with Gasteiger partial charge in [0.05, 0.1) is 33.9 Å². The molecule has 0 aliphatic heterocycles. The molecule has 0 fully saturated rings. The third kappa shape index (κ3) is 4.10. The van der Waals surface area contributed by atoms with E-state index in [0.29, 0.717) is 11.1 Å². The summed E-state index contributed by atoms with van der Waals surface area (Å²) in [4.78, 5) is 18.4. The van der Waals surface area contributed by atoms with Crippen LogP contribution in [0.3, 0.4) is 0 Å². The van der Waals surface area contributed by atoms with E-state index in [9.17, 15) is 10.5 Å². The molecule has 8 aromatic rings. The predicted octanol–water partition coefficient (Wildman–Crippen LogP) is 8.58. The molecule has 6 heteroatoms. The van der Waals surface area contributed by atoms with Gasteiger partial charge in [0.15, 0.2) is 0 Å². The molecule has 0 saturated heterocycles. The fourth-order valence-corrected chi connectivity index (χ4v) is 6.02. The van der Waals surface area contributed by atoms with Crippen molar-refractivity contribution < 1.29 is 0 Å². The average molecular weight is 561 g/mol. The van der Waals surface area contributed by atoms with Gasteiger partial charge in [0.25, 0.3) is 0 Å². The Balaban J connectivity index is 1.30. The lowest BCUT2D eigenvalue weighted by atomic mass is 9.88. The van der Waals surface area contributed by atoms with Gasteiger partial charge < -0.3 is 0 Å². The van der Waals surface area contributed by atoms with E-state index >= 15 is 0 Å². The highest BCUT2D eigenvalue weighted by Crippen LogP contribution is 2.42. The molecular weight excluding hydrogens is 540 g/mol. The number of aromatic nitrogens is 4. The lowest BCUT2D eigenvalue weighted by Crippen LogP contribution is -1.93. The van der Waals surface area contributed by atoms with E-state index in [1.54, 1.807) is 24.8 Å². The van der Waals surface area contributed by atoms with Crippen molar-refractivity contribution in [2.24, 2.45) is 0 Å². The third-order valence-corrected chi connectivity index (χ3v) is 8.04. The molecule has 44 heavy (non-hydrogen) atoms. The second kappa shape index (κ2) is 10.1. The summed E-state index contributed by atoms with van der Waals surface area (Å²) in [5, 5.41) is 25.6. The quantitative estimate of drug-likeness (QED) is 0.200. The second-order valence-corrected chi connectivity index (χ2v) is 10.6. The Morgan fingerprint density at radius 1 is 0.455 bits per heavy atom. The minimum atomic E-state index is 0.501. The number of rotatable bonds is 4. The number of nitriles is 2. The summed E-state index contributed by atoms with van der Waals surface area (Å²) in [7, 11) is 0. The fourth-order valence-electron chi connectivity index (χ4n) is 6.02. The maximum Gasteiger partial charge on any atom is 0.101 e. The van der Waals surface area contributed by atoms with Crippen molar-refractivity contribution in [1.82, 2.24) is 19.9 Å². The molecule has 0 saturated carbocycles. The third-order valence-electron chi connectivity index (χ3n) is 8.04. The van der Waals surface area contributed by atoms with Crippen molar-refractivity contribution in [3.63, 3.8) is 0 Å². The van der Waals surface area contributed by atoms with E-state index in [-0.39, 0.29) is 0 Å². The van der Waals surface area contributed by atoms with Crippen LogP contribution in [0.1, 0.15) is 11.1 Å². The molecular formula is C38H20N6. The van der Waals surface area contributed by atoms with Crippen LogP contribution in [0.15, 0.2) is 122 Å². The Morgan fingerprint density at radius 2 is 0.886 bits per heavy atom. The standard InChI is InChI=1S/C38H20N6/c39-17-23-15-27(21-41-19-23)33-3-1-5-35(43-33)29-11-7-25-10-14-32-30(12-8-26-9-13-31(29)37(25)38(26)32)36-6-2-4-34(44-36)28-16-24(18-40)20-42-22-28/h1-16,19-22H. The van der Waals surface area contributed by atoms with Crippen LogP contribution in [0.5, 0.6) is 0 Å². The van der Waals surface area contributed by atoms with Crippen molar-refractivity contribution >= 4 is 32.3 Å². The number of pyridine rings is 4. The van der Waals surface area contributed by atoms with Crippen LogP contribution in [0.4, 0.5) is 0 Å². The molecule has 0 unspecified atom stereocenters. The van der Waals surface area contributed by atoms with Crippen molar-refractivity contribution in [2.45, 2.75) is 0 Å². The SMILES string of the molecule is N#Cc1cncc(-c2cccc(-c3ccc4ccc5c(-c6cccc(-c7cncc(C#N)c7)n6)ccc6ccc3c4c65)n2)c1. The van der Waals surface area contributed by atoms with E-state index in [1.165, 1.54) is 10.8 Å². The lowest BCUT2D eigenvalue weighted by Gasteiger charge is -2.16. The highest BCUT2D eigenvalue weighted by atomic mass is 14.7. The first-order valence-electron chi connectivity index (χ1n) is 14.1. The van der Waals surface area contributed by atoms with Gasteiger partial charge in [-0.3, -0.25) is 9.97 Å². The normalized spacial score (nSPS) is 11.1. The van der Waals surface area contributed by atoms with Crippen molar-refractivity contribution in [1.29, 1.82) is 10.5 Å². The first-order valence-corrected chi connectivity index (χ1v) is 14.1. The average Bonchev–Trinajstić information content (AvgIpc) is 3.10. The molecule has 4 aromatic carbocycles. The molecule has 6 nitrogen and oxygen atoms in total. The van der Waals surface area contributed by atoms with Gasteiger partial charge in [-0.1, -0.05) is 60.7 Å². The number of hydrogen-bond acceptors (Lipinski definition) is 6. The van der Waals surface area contributed by atoms with Crippen LogP contribution in [0.25, 0.3) is 77.3 Å². The molecule has 0 amide bonds. The van der Waals surface area contributed by atoms with Crippen LogP contribution in [0, 0.1) is 22.7 Å². The molecule has 202 valence electrons. The Bertz CT molecular complexity index is 2310. The van der Waals surface area contributed by atoms with Crippen molar-refractivity contribution in [2.75, 3.05) is 0 Å². The maximum atomic E-state index is 9.34. The van der Waals surface area contributed by atoms with E-state index in [1.807, 2.05) is 48.5 Å². The minimum absolute atomic E-state index is 0.501. The van der Waals surface area contributed by atoms with Crippen molar-refractivity contribution in [3.8, 4) is 57.2 Å². The van der Waals surface area contributed by atoms with Crippen LogP contribution < -0.4 is 0 Å². The van der Waals surface area contributed by atoms with Crippen LogP contribution in [-0.2, 0) is 0 Å². The molecule has 0 bridgehead atoms. The van der Waals surface area contributed by atoms with Gasteiger partial charge in [-0.15, -0.1) is 0 Å². The number of benzene rings is 4. The number of hydrogen-bond donors (Lipinski definition) is 0. The molecule has 4 heterocycles. The maximum absolute atomic E-state index is 9.34. The number of nitrogens with zero attached hydrogens (tertiary/aromatic N) is 6.